The molecule has 3 N–H and O–H groups in total. The summed E-state index contributed by atoms with van der Waals surface area (Å²) in [5.41, 5.74) is 0.452. The van der Waals surface area contributed by atoms with Crippen LogP contribution < -0.4 is 10.2 Å². The second-order valence-electron chi connectivity index (χ2n) is 5.02. The number of carbonyl (C=O) groups excluding carboxylic acids is 1. The normalized spacial score (nSPS) is 15.7. The molecule has 9 heteroatoms. The molecule has 22 heavy (non-hydrogen) atoms. The van der Waals surface area contributed by atoms with Crippen molar-refractivity contribution in [3.63, 3.8) is 0 Å². The summed E-state index contributed by atoms with van der Waals surface area (Å²) < 4.78 is 0. The van der Waals surface area contributed by atoms with Gasteiger partial charge in [-0.25, -0.2) is 9.78 Å². The molecular weight excluding hydrogens is 306 g/mol. The number of anilines is 1. The summed E-state index contributed by atoms with van der Waals surface area (Å²) in [6.45, 7) is 1.47. The number of H-pyrrole nitrogens is 1. The minimum absolute atomic E-state index is 0.103. The standard InChI is InChI=1S/C13H15N5O3S/c19-11(9-1-4-15-17-9)16-8-2-5-18(6-3-8)13-14-7-10(22-13)12(20)21/h1,4,7-8H,2-3,5-6H2,(H,15,17)(H,16,19)(H,20,21). The Balaban J connectivity index is 1.53. The number of aromatic nitrogens is 3. The van der Waals surface area contributed by atoms with Gasteiger partial charge in [0.05, 0.1) is 6.20 Å². The van der Waals surface area contributed by atoms with E-state index in [0.29, 0.717) is 5.69 Å². The number of rotatable bonds is 4. The van der Waals surface area contributed by atoms with Crippen LogP contribution in [0.3, 0.4) is 0 Å². The average molecular weight is 321 g/mol. The Morgan fingerprint density at radius 2 is 2.18 bits per heavy atom. The molecule has 8 nitrogen and oxygen atoms in total. The molecule has 0 atom stereocenters. The van der Waals surface area contributed by atoms with Crippen molar-refractivity contribution in [2.24, 2.45) is 0 Å². The molecule has 2 aromatic heterocycles. The zero-order valence-electron chi connectivity index (χ0n) is 11.7. The molecule has 3 heterocycles. The lowest BCUT2D eigenvalue weighted by atomic mass is 10.1. The Hall–Kier alpha value is -2.42. The average Bonchev–Trinajstić information content (AvgIpc) is 3.20. The van der Waals surface area contributed by atoms with Gasteiger partial charge in [0.25, 0.3) is 5.91 Å². The van der Waals surface area contributed by atoms with Crippen molar-refractivity contribution in [1.29, 1.82) is 0 Å². The smallest absolute Gasteiger partial charge is 0.347 e. The van der Waals surface area contributed by atoms with E-state index in [9.17, 15) is 9.59 Å². The predicted octanol–water partition coefficient (Wildman–Crippen LogP) is 0.963. The van der Waals surface area contributed by atoms with Gasteiger partial charge in [-0.2, -0.15) is 5.10 Å². The third kappa shape index (κ3) is 3.08. The number of thiazole rings is 1. The minimum atomic E-state index is -0.953. The SMILES string of the molecule is O=C(NC1CCN(c2ncc(C(=O)O)s2)CC1)c1ccn[nH]1. The van der Waals surface area contributed by atoms with Crippen molar-refractivity contribution in [1.82, 2.24) is 20.5 Å². The summed E-state index contributed by atoms with van der Waals surface area (Å²) in [6.07, 6.45) is 4.51. The second kappa shape index (κ2) is 6.14. The number of amides is 1. The molecule has 3 rings (SSSR count). The Labute approximate surface area is 130 Å². The fourth-order valence-electron chi connectivity index (χ4n) is 2.37. The van der Waals surface area contributed by atoms with Crippen LogP contribution in [-0.4, -0.2) is 51.3 Å². The Bertz CT molecular complexity index is 661. The first-order valence-corrected chi connectivity index (χ1v) is 7.69. The van der Waals surface area contributed by atoms with Gasteiger partial charge in [0.2, 0.25) is 0 Å². The van der Waals surface area contributed by atoms with Crippen molar-refractivity contribution in [3.05, 3.63) is 29.0 Å². The number of aromatic carboxylic acids is 1. The van der Waals surface area contributed by atoms with Crippen LogP contribution in [0.25, 0.3) is 0 Å². The van der Waals surface area contributed by atoms with E-state index in [0.717, 1.165) is 31.1 Å². The molecule has 0 spiro atoms. The Kier molecular flexibility index (Phi) is 4.05. The highest BCUT2D eigenvalue weighted by Gasteiger charge is 2.23. The number of carbonyl (C=O) groups is 2. The van der Waals surface area contributed by atoms with Gasteiger partial charge in [-0.15, -0.1) is 0 Å². The van der Waals surface area contributed by atoms with Gasteiger partial charge < -0.3 is 15.3 Å². The van der Waals surface area contributed by atoms with Gasteiger partial charge in [0.1, 0.15) is 10.6 Å². The van der Waals surface area contributed by atoms with Crippen molar-refractivity contribution in [2.45, 2.75) is 18.9 Å². The Morgan fingerprint density at radius 3 is 2.77 bits per heavy atom. The van der Waals surface area contributed by atoms with E-state index in [1.807, 2.05) is 0 Å². The molecule has 0 saturated carbocycles. The molecule has 0 unspecified atom stereocenters. The van der Waals surface area contributed by atoms with Gasteiger partial charge in [-0.05, 0) is 18.9 Å². The van der Waals surface area contributed by atoms with E-state index in [2.05, 4.69) is 25.4 Å². The molecule has 1 aliphatic heterocycles. The number of carboxylic acids is 1. The molecule has 1 amide bonds. The summed E-state index contributed by atoms with van der Waals surface area (Å²) in [7, 11) is 0. The summed E-state index contributed by atoms with van der Waals surface area (Å²) in [4.78, 5) is 29.3. The molecule has 1 fully saturated rings. The highest BCUT2D eigenvalue weighted by molar-refractivity contribution is 7.17. The first kappa shape index (κ1) is 14.5. The molecular formula is C13H15N5O3S. The maximum absolute atomic E-state index is 11.9. The van der Waals surface area contributed by atoms with Crippen LogP contribution in [-0.2, 0) is 0 Å². The number of aromatic amines is 1. The zero-order valence-corrected chi connectivity index (χ0v) is 12.5. The van der Waals surface area contributed by atoms with E-state index < -0.39 is 5.97 Å². The lowest BCUT2D eigenvalue weighted by Gasteiger charge is -2.32. The maximum Gasteiger partial charge on any atom is 0.347 e. The molecule has 1 saturated heterocycles. The highest BCUT2D eigenvalue weighted by atomic mass is 32.1. The van der Waals surface area contributed by atoms with E-state index in [4.69, 9.17) is 5.11 Å². The lowest BCUT2D eigenvalue weighted by molar-refractivity contribution is 0.0701. The number of piperidine rings is 1. The summed E-state index contributed by atoms with van der Waals surface area (Å²) in [5, 5.41) is 19.0. The van der Waals surface area contributed by atoms with Gasteiger partial charge in [0.15, 0.2) is 5.13 Å². The topological polar surface area (TPSA) is 111 Å². The summed E-state index contributed by atoms with van der Waals surface area (Å²) >= 11 is 1.18. The monoisotopic (exact) mass is 321 g/mol. The van der Waals surface area contributed by atoms with Crippen LogP contribution in [0.1, 0.15) is 33.0 Å². The van der Waals surface area contributed by atoms with Crippen LogP contribution in [0.4, 0.5) is 5.13 Å². The largest absolute Gasteiger partial charge is 0.477 e. The van der Waals surface area contributed by atoms with Crippen molar-refractivity contribution >= 4 is 28.3 Å². The lowest BCUT2D eigenvalue weighted by Crippen LogP contribution is -2.44. The minimum Gasteiger partial charge on any atom is -0.477 e. The van der Waals surface area contributed by atoms with Crippen LogP contribution >= 0.6 is 11.3 Å². The first-order chi connectivity index (χ1) is 10.6. The maximum atomic E-state index is 11.9. The molecule has 1 aliphatic rings. The number of hydrogen-bond acceptors (Lipinski definition) is 6. The summed E-state index contributed by atoms with van der Waals surface area (Å²) in [5.74, 6) is -1.11. The number of nitrogens with zero attached hydrogens (tertiary/aromatic N) is 3. The van der Waals surface area contributed by atoms with Gasteiger partial charge in [0, 0.05) is 25.3 Å². The molecule has 0 radical (unpaired) electrons. The number of carboxylic acid groups (broad SMARTS) is 1. The zero-order chi connectivity index (χ0) is 15.5. The molecule has 116 valence electrons. The van der Waals surface area contributed by atoms with Crippen LogP contribution in [0.5, 0.6) is 0 Å². The number of hydrogen-bond donors (Lipinski definition) is 3. The molecule has 0 aromatic carbocycles. The fraction of sp³-hybridized carbons (Fsp3) is 0.385. The van der Waals surface area contributed by atoms with Crippen molar-refractivity contribution in [2.75, 3.05) is 18.0 Å². The second-order valence-corrected chi connectivity index (χ2v) is 6.03. The predicted molar refractivity (Wildman–Crippen MR) is 80.4 cm³/mol. The third-order valence-electron chi connectivity index (χ3n) is 3.55. The third-order valence-corrected chi connectivity index (χ3v) is 4.60. The van der Waals surface area contributed by atoms with Gasteiger partial charge in [-0.3, -0.25) is 9.89 Å². The first-order valence-electron chi connectivity index (χ1n) is 6.88. The highest BCUT2D eigenvalue weighted by Crippen LogP contribution is 2.25. The van der Waals surface area contributed by atoms with E-state index >= 15 is 0 Å². The van der Waals surface area contributed by atoms with Gasteiger partial charge in [-0.1, -0.05) is 11.3 Å². The fourth-order valence-corrected chi connectivity index (χ4v) is 3.18. The Morgan fingerprint density at radius 1 is 1.41 bits per heavy atom. The molecule has 0 aliphatic carbocycles. The van der Waals surface area contributed by atoms with E-state index in [1.54, 1.807) is 12.3 Å². The van der Waals surface area contributed by atoms with Crippen LogP contribution in [0.2, 0.25) is 0 Å². The van der Waals surface area contributed by atoms with Gasteiger partial charge >= 0.3 is 5.97 Å². The van der Waals surface area contributed by atoms with Crippen LogP contribution in [0, 0.1) is 0 Å². The van der Waals surface area contributed by atoms with E-state index in [1.165, 1.54) is 17.5 Å². The molecule has 2 aromatic rings. The quantitative estimate of drug-likeness (QED) is 0.773. The van der Waals surface area contributed by atoms with Crippen molar-refractivity contribution < 1.29 is 14.7 Å². The summed E-state index contributed by atoms with van der Waals surface area (Å²) in [6, 6.07) is 1.74. The van der Waals surface area contributed by atoms with Crippen molar-refractivity contribution in [3.8, 4) is 0 Å². The van der Waals surface area contributed by atoms with Crippen LogP contribution in [0.15, 0.2) is 18.5 Å². The molecule has 0 bridgehead atoms. The van der Waals surface area contributed by atoms with E-state index in [-0.39, 0.29) is 16.8 Å². The number of nitrogens with one attached hydrogen (secondary N) is 2.